The van der Waals surface area contributed by atoms with Gasteiger partial charge in [0.25, 0.3) is 0 Å². The minimum absolute atomic E-state index is 0.201. The first-order chi connectivity index (χ1) is 12.5. The van der Waals surface area contributed by atoms with E-state index in [1.807, 2.05) is 12.1 Å². The van der Waals surface area contributed by atoms with Gasteiger partial charge in [-0.05, 0) is 38.1 Å². The van der Waals surface area contributed by atoms with Crippen LogP contribution < -0.4 is 4.90 Å². The first-order valence-electron chi connectivity index (χ1n) is 8.47. The Morgan fingerprint density at radius 2 is 1.88 bits per heavy atom. The summed E-state index contributed by atoms with van der Waals surface area (Å²) < 4.78 is 5.75. The lowest BCUT2D eigenvalue weighted by Gasteiger charge is -2.36. The maximum Gasteiger partial charge on any atom is 0.145 e. The molecule has 0 N–H and O–H groups in total. The van der Waals surface area contributed by atoms with E-state index >= 15 is 0 Å². The lowest BCUT2D eigenvalue weighted by molar-refractivity contribution is -0.00545. The Hall–Kier alpha value is -1.82. The van der Waals surface area contributed by atoms with E-state index in [1.165, 1.54) is 0 Å². The molecule has 0 aliphatic carbocycles. The summed E-state index contributed by atoms with van der Waals surface area (Å²) in [5.41, 5.74) is 1.57. The first kappa shape index (κ1) is 19.0. The van der Waals surface area contributed by atoms with Gasteiger partial charge in [0.05, 0.1) is 18.4 Å². The molecule has 1 aliphatic rings. The molecule has 0 radical (unpaired) electrons. The summed E-state index contributed by atoms with van der Waals surface area (Å²) >= 11 is 12.2. The number of benzene rings is 1. The van der Waals surface area contributed by atoms with Gasteiger partial charge in [-0.3, -0.25) is 0 Å². The molecular formula is C19H21Cl2N3O2. The third kappa shape index (κ3) is 4.87. The van der Waals surface area contributed by atoms with Crippen molar-refractivity contribution in [2.45, 2.75) is 32.7 Å². The minimum atomic E-state index is 0.201. The number of morpholine rings is 1. The second-order valence-corrected chi connectivity index (χ2v) is 7.13. The van der Waals surface area contributed by atoms with Crippen molar-refractivity contribution in [1.29, 1.82) is 0 Å². The van der Waals surface area contributed by atoms with Crippen LogP contribution in [-0.2, 0) is 16.2 Å². The highest BCUT2D eigenvalue weighted by Gasteiger charge is 2.22. The summed E-state index contributed by atoms with van der Waals surface area (Å²) in [6.07, 6.45) is 3.79. The molecule has 2 aromatic rings. The Balaban J connectivity index is 1.56. The largest absolute Gasteiger partial charge is 0.391 e. The van der Waals surface area contributed by atoms with Crippen LogP contribution in [0.2, 0.25) is 10.0 Å². The van der Waals surface area contributed by atoms with Crippen LogP contribution in [0.1, 0.15) is 25.0 Å². The molecule has 0 amide bonds. The summed E-state index contributed by atoms with van der Waals surface area (Å²) in [4.78, 5) is 12.1. The van der Waals surface area contributed by atoms with Crippen LogP contribution in [0, 0.1) is 0 Å². The molecule has 1 aromatic heterocycles. The maximum absolute atomic E-state index is 6.10. The molecule has 7 heteroatoms. The van der Waals surface area contributed by atoms with E-state index in [9.17, 15) is 0 Å². The van der Waals surface area contributed by atoms with Gasteiger partial charge in [0.1, 0.15) is 12.4 Å². The van der Waals surface area contributed by atoms with Gasteiger partial charge in [0.15, 0.2) is 0 Å². The van der Waals surface area contributed by atoms with Crippen LogP contribution in [0.5, 0.6) is 0 Å². The van der Waals surface area contributed by atoms with Crippen LogP contribution in [0.3, 0.4) is 0 Å². The fourth-order valence-electron chi connectivity index (χ4n) is 2.90. The van der Waals surface area contributed by atoms with Crippen LogP contribution in [0.4, 0.5) is 5.82 Å². The Morgan fingerprint density at radius 1 is 1.19 bits per heavy atom. The van der Waals surface area contributed by atoms with Gasteiger partial charge in [-0.25, -0.2) is 4.98 Å². The van der Waals surface area contributed by atoms with Crippen molar-refractivity contribution in [3.05, 3.63) is 57.7 Å². The highest BCUT2D eigenvalue weighted by molar-refractivity contribution is 6.35. The van der Waals surface area contributed by atoms with Crippen LogP contribution >= 0.6 is 23.2 Å². The zero-order valence-electron chi connectivity index (χ0n) is 14.7. The topological polar surface area (TPSA) is 47.0 Å². The highest BCUT2D eigenvalue weighted by Crippen LogP contribution is 2.25. The molecule has 1 fully saturated rings. The van der Waals surface area contributed by atoms with Crippen molar-refractivity contribution in [2.75, 3.05) is 18.0 Å². The minimum Gasteiger partial charge on any atom is -0.391 e. The standard InChI is InChI=1S/C19H21Cl2N3O2/c1-13-10-24(11-14(2)26-13)19-7-6-15(8-22-19)9-23-25-12-16-17(20)4-3-5-18(16)21/h3-9,13-14H,10-12H2,1-2H3/b23-9-/t13-,14-/m1/s1. The van der Waals surface area contributed by atoms with Gasteiger partial charge in [-0.2, -0.15) is 0 Å². The Bertz CT molecular complexity index is 738. The van der Waals surface area contributed by atoms with Gasteiger partial charge >= 0.3 is 0 Å². The van der Waals surface area contributed by atoms with E-state index in [2.05, 4.69) is 28.9 Å². The maximum atomic E-state index is 6.10. The zero-order valence-corrected chi connectivity index (χ0v) is 16.2. The van der Waals surface area contributed by atoms with E-state index in [-0.39, 0.29) is 18.8 Å². The fraction of sp³-hybridized carbons (Fsp3) is 0.368. The average Bonchev–Trinajstić information content (AvgIpc) is 2.60. The second-order valence-electron chi connectivity index (χ2n) is 6.32. The Labute approximate surface area is 163 Å². The van der Waals surface area contributed by atoms with E-state index in [1.54, 1.807) is 30.6 Å². The molecule has 0 spiro atoms. The van der Waals surface area contributed by atoms with E-state index in [0.717, 1.165) is 30.0 Å². The summed E-state index contributed by atoms with van der Waals surface area (Å²) in [6, 6.07) is 9.28. The monoisotopic (exact) mass is 393 g/mol. The van der Waals surface area contributed by atoms with Crippen molar-refractivity contribution in [2.24, 2.45) is 5.16 Å². The first-order valence-corrected chi connectivity index (χ1v) is 9.23. The summed E-state index contributed by atoms with van der Waals surface area (Å²) in [7, 11) is 0. The van der Waals surface area contributed by atoms with Crippen molar-refractivity contribution in [1.82, 2.24) is 4.98 Å². The second kappa shape index (κ2) is 8.71. The summed E-state index contributed by atoms with van der Waals surface area (Å²) in [6.45, 7) is 6.04. The van der Waals surface area contributed by atoms with Gasteiger partial charge in [0.2, 0.25) is 0 Å². The third-order valence-corrected chi connectivity index (χ3v) is 4.77. The number of rotatable bonds is 5. The molecule has 1 aromatic carbocycles. The number of aromatic nitrogens is 1. The van der Waals surface area contributed by atoms with E-state index < -0.39 is 0 Å². The number of oxime groups is 1. The number of hydrogen-bond acceptors (Lipinski definition) is 5. The van der Waals surface area contributed by atoms with E-state index in [4.69, 9.17) is 32.8 Å². The molecule has 1 saturated heterocycles. The number of hydrogen-bond donors (Lipinski definition) is 0. The number of halogens is 2. The number of anilines is 1. The number of nitrogens with zero attached hydrogens (tertiary/aromatic N) is 3. The molecule has 138 valence electrons. The molecule has 1 aliphatic heterocycles. The SMILES string of the molecule is C[C@@H]1CN(c2ccc(/C=N\OCc3c(Cl)cccc3Cl)cn2)C[C@@H](C)O1. The normalized spacial score (nSPS) is 20.5. The average molecular weight is 394 g/mol. The number of pyridine rings is 1. The summed E-state index contributed by atoms with van der Waals surface area (Å²) in [5.74, 6) is 0.938. The molecule has 26 heavy (non-hydrogen) atoms. The van der Waals surface area contributed by atoms with Crippen molar-refractivity contribution in [3.8, 4) is 0 Å². The van der Waals surface area contributed by atoms with Crippen LogP contribution in [-0.4, -0.2) is 36.5 Å². The van der Waals surface area contributed by atoms with Gasteiger partial charge in [0, 0.05) is 40.5 Å². The highest BCUT2D eigenvalue weighted by atomic mass is 35.5. The van der Waals surface area contributed by atoms with Gasteiger partial charge in [-0.15, -0.1) is 0 Å². The third-order valence-electron chi connectivity index (χ3n) is 4.06. The predicted octanol–water partition coefficient (Wildman–Crippen LogP) is 4.55. The van der Waals surface area contributed by atoms with Crippen LogP contribution in [0.15, 0.2) is 41.7 Å². The Kier molecular flexibility index (Phi) is 6.35. The van der Waals surface area contributed by atoms with Gasteiger partial charge in [-0.1, -0.05) is 34.4 Å². The Morgan fingerprint density at radius 3 is 2.50 bits per heavy atom. The summed E-state index contributed by atoms with van der Waals surface area (Å²) in [5, 5.41) is 5.09. The molecule has 0 bridgehead atoms. The molecule has 0 unspecified atom stereocenters. The lowest BCUT2D eigenvalue weighted by Crippen LogP contribution is -2.45. The predicted molar refractivity (Wildman–Crippen MR) is 105 cm³/mol. The lowest BCUT2D eigenvalue weighted by atomic mass is 10.2. The van der Waals surface area contributed by atoms with E-state index in [0.29, 0.717) is 10.0 Å². The van der Waals surface area contributed by atoms with Crippen molar-refractivity contribution >= 4 is 35.2 Å². The number of ether oxygens (including phenoxy) is 1. The quantitative estimate of drug-likeness (QED) is 0.551. The zero-order chi connectivity index (χ0) is 18.5. The smallest absolute Gasteiger partial charge is 0.145 e. The van der Waals surface area contributed by atoms with Crippen molar-refractivity contribution < 1.29 is 9.57 Å². The van der Waals surface area contributed by atoms with Gasteiger partial charge < -0.3 is 14.5 Å². The van der Waals surface area contributed by atoms with Crippen molar-refractivity contribution in [3.63, 3.8) is 0 Å². The molecule has 5 nitrogen and oxygen atoms in total. The molecular weight excluding hydrogens is 373 g/mol. The fourth-order valence-corrected chi connectivity index (χ4v) is 3.40. The molecule has 2 atom stereocenters. The molecule has 3 rings (SSSR count). The molecule has 2 heterocycles. The molecule has 0 saturated carbocycles. The van der Waals surface area contributed by atoms with Crippen LogP contribution in [0.25, 0.3) is 0 Å².